The average Bonchev–Trinajstić information content (AvgIpc) is 2.81. The van der Waals surface area contributed by atoms with Gasteiger partial charge in [-0.05, 0) is 53.7 Å². The van der Waals surface area contributed by atoms with Gasteiger partial charge in [0.25, 0.3) is 0 Å². The average molecular weight is 244 g/mol. The lowest BCUT2D eigenvalue weighted by Gasteiger charge is -2.43. The molecule has 2 aliphatic carbocycles. The minimum atomic E-state index is 0.444. The highest BCUT2D eigenvalue weighted by Gasteiger charge is 2.58. The molecule has 2 aliphatic rings. The van der Waals surface area contributed by atoms with Crippen molar-refractivity contribution in [1.82, 2.24) is 10.3 Å². The molecule has 3 rings (SSSR count). The highest BCUT2D eigenvalue weighted by atomic mass is 15.0. The summed E-state index contributed by atoms with van der Waals surface area (Å²) in [5.74, 6) is 0.914. The quantitative estimate of drug-likeness (QED) is 0.881. The maximum absolute atomic E-state index is 4.08. The molecule has 98 valence electrons. The lowest BCUT2D eigenvalue weighted by atomic mass is 9.68. The van der Waals surface area contributed by atoms with Gasteiger partial charge < -0.3 is 5.32 Å². The van der Waals surface area contributed by atoms with Gasteiger partial charge in [0.1, 0.15) is 0 Å². The van der Waals surface area contributed by atoms with Gasteiger partial charge in [-0.25, -0.2) is 0 Å². The van der Waals surface area contributed by atoms with E-state index in [2.05, 4.69) is 43.2 Å². The van der Waals surface area contributed by atoms with E-state index in [9.17, 15) is 0 Å². The molecule has 0 radical (unpaired) electrons. The Labute approximate surface area is 110 Å². The van der Waals surface area contributed by atoms with Crippen molar-refractivity contribution >= 4 is 0 Å². The standard InChI is InChI=1S/C16H24N2/c1-15(2)13-4-7-16(3,10-13)14(15)18-11-12-5-8-17-9-6-12/h5-6,8-9,13-14,18H,4,7,10-11H2,1-3H3/t13-,14?,16+/m0/s1. The molecule has 1 N–H and O–H groups in total. The predicted octanol–water partition coefficient (Wildman–Crippen LogP) is 3.39. The molecular weight excluding hydrogens is 220 g/mol. The monoisotopic (exact) mass is 244 g/mol. The van der Waals surface area contributed by atoms with E-state index in [1.165, 1.54) is 24.8 Å². The zero-order valence-corrected chi connectivity index (χ0v) is 11.7. The highest BCUT2D eigenvalue weighted by Crippen LogP contribution is 2.62. The molecule has 2 saturated carbocycles. The Morgan fingerprint density at radius 1 is 1.28 bits per heavy atom. The summed E-state index contributed by atoms with van der Waals surface area (Å²) in [6.45, 7) is 8.35. The van der Waals surface area contributed by atoms with Crippen molar-refractivity contribution in [3.8, 4) is 0 Å². The first kappa shape index (κ1) is 12.2. The van der Waals surface area contributed by atoms with Crippen LogP contribution in [0.25, 0.3) is 0 Å². The molecule has 1 aromatic rings. The normalized spacial score (nSPS) is 37.1. The Balaban J connectivity index is 1.73. The van der Waals surface area contributed by atoms with E-state index in [1.807, 2.05) is 12.4 Å². The van der Waals surface area contributed by atoms with Crippen molar-refractivity contribution < 1.29 is 0 Å². The van der Waals surface area contributed by atoms with Gasteiger partial charge in [-0.15, -0.1) is 0 Å². The number of fused-ring (bicyclic) bond motifs is 2. The van der Waals surface area contributed by atoms with Gasteiger partial charge in [0.15, 0.2) is 0 Å². The number of hydrogen-bond donors (Lipinski definition) is 1. The zero-order valence-electron chi connectivity index (χ0n) is 11.7. The first-order valence-corrected chi connectivity index (χ1v) is 7.15. The lowest BCUT2D eigenvalue weighted by Crippen LogP contribution is -2.49. The summed E-state index contributed by atoms with van der Waals surface area (Å²) in [5, 5.41) is 3.83. The third kappa shape index (κ3) is 1.78. The Kier molecular flexibility index (Phi) is 2.74. The fourth-order valence-corrected chi connectivity index (χ4v) is 4.53. The first-order valence-electron chi connectivity index (χ1n) is 7.15. The topological polar surface area (TPSA) is 24.9 Å². The highest BCUT2D eigenvalue weighted by molar-refractivity contribution is 5.14. The van der Waals surface area contributed by atoms with Crippen molar-refractivity contribution in [1.29, 1.82) is 0 Å². The van der Waals surface area contributed by atoms with Gasteiger partial charge in [-0.3, -0.25) is 4.98 Å². The summed E-state index contributed by atoms with van der Waals surface area (Å²) in [5.41, 5.74) is 2.30. The summed E-state index contributed by atoms with van der Waals surface area (Å²) < 4.78 is 0. The summed E-state index contributed by atoms with van der Waals surface area (Å²) in [6, 6.07) is 4.86. The van der Waals surface area contributed by atoms with Crippen LogP contribution in [-0.4, -0.2) is 11.0 Å². The Morgan fingerprint density at radius 2 is 2.00 bits per heavy atom. The van der Waals surface area contributed by atoms with Crippen LogP contribution in [0.15, 0.2) is 24.5 Å². The molecule has 2 fully saturated rings. The molecule has 1 aromatic heterocycles. The Bertz CT molecular complexity index is 421. The number of rotatable bonds is 3. The molecule has 0 aromatic carbocycles. The zero-order chi connectivity index (χ0) is 12.8. The summed E-state index contributed by atoms with van der Waals surface area (Å²) >= 11 is 0. The molecular formula is C16H24N2. The van der Waals surface area contributed by atoms with Crippen LogP contribution in [0.2, 0.25) is 0 Å². The third-order valence-corrected chi connectivity index (χ3v) is 5.53. The van der Waals surface area contributed by atoms with Gasteiger partial charge >= 0.3 is 0 Å². The molecule has 1 unspecified atom stereocenters. The van der Waals surface area contributed by atoms with Crippen LogP contribution in [0.1, 0.15) is 45.6 Å². The van der Waals surface area contributed by atoms with E-state index in [4.69, 9.17) is 0 Å². The third-order valence-electron chi connectivity index (χ3n) is 5.53. The first-order chi connectivity index (χ1) is 8.52. The molecule has 0 amide bonds. The van der Waals surface area contributed by atoms with Gasteiger partial charge in [0, 0.05) is 25.0 Å². The van der Waals surface area contributed by atoms with E-state index in [1.54, 1.807) is 0 Å². The second-order valence-corrected chi connectivity index (χ2v) is 7.08. The Morgan fingerprint density at radius 3 is 2.61 bits per heavy atom. The summed E-state index contributed by atoms with van der Waals surface area (Å²) in [6.07, 6.45) is 8.00. The second-order valence-electron chi connectivity index (χ2n) is 7.08. The minimum absolute atomic E-state index is 0.444. The fraction of sp³-hybridized carbons (Fsp3) is 0.688. The van der Waals surface area contributed by atoms with E-state index >= 15 is 0 Å². The van der Waals surface area contributed by atoms with Crippen molar-refractivity contribution in [2.24, 2.45) is 16.7 Å². The number of aromatic nitrogens is 1. The lowest BCUT2D eigenvalue weighted by molar-refractivity contribution is 0.108. The van der Waals surface area contributed by atoms with Crippen molar-refractivity contribution in [2.45, 2.75) is 52.6 Å². The van der Waals surface area contributed by atoms with Crippen molar-refractivity contribution in [2.75, 3.05) is 0 Å². The van der Waals surface area contributed by atoms with Crippen LogP contribution < -0.4 is 5.32 Å². The summed E-state index contributed by atoms with van der Waals surface area (Å²) in [4.78, 5) is 4.08. The van der Waals surface area contributed by atoms with Crippen molar-refractivity contribution in [3.05, 3.63) is 30.1 Å². The molecule has 0 saturated heterocycles. The molecule has 2 nitrogen and oxygen atoms in total. The Hall–Kier alpha value is -0.890. The van der Waals surface area contributed by atoms with Crippen LogP contribution in [0.4, 0.5) is 0 Å². The van der Waals surface area contributed by atoms with Crippen molar-refractivity contribution in [3.63, 3.8) is 0 Å². The van der Waals surface area contributed by atoms with E-state index in [0.717, 1.165) is 12.5 Å². The molecule has 0 aliphatic heterocycles. The maximum Gasteiger partial charge on any atom is 0.0271 e. The smallest absolute Gasteiger partial charge is 0.0271 e. The van der Waals surface area contributed by atoms with Gasteiger partial charge in [-0.1, -0.05) is 20.8 Å². The maximum atomic E-state index is 4.08. The number of nitrogens with zero attached hydrogens (tertiary/aromatic N) is 1. The van der Waals surface area contributed by atoms with Crippen LogP contribution in [-0.2, 0) is 6.54 Å². The molecule has 2 bridgehead atoms. The van der Waals surface area contributed by atoms with E-state index in [0.29, 0.717) is 16.9 Å². The number of hydrogen-bond acceptors (Lipinski definition) is 2. The molecule has 3 atom stereocenters. The molecule has 2 heteroatoms. The van der Waals surface area contributed by atoms with E-state index in [-0.39, 0.29) is 0 Å². The molecule has 18 heavy (non-hydrogen) atoms. The fourth-order valence-electron chi connectivity index (χ4n) is 4.53. The SMILES string of the molecule is CC1(C)C(NCc2ccncc2)[C@]2(C)CC[C@H]1C2. The van der Waals surface area contributed by atoms with Crippen LogP contribution in [0.5, 0.6) is 0 Å². The number of nitrogens with one attached hydrogen (secondary N) is 1. The number of pyridine rings is 1. The van der Waals surface area contributed by atoms with E-state index < -0.39 is 0 Å². The van der Waals surface area contributed by atoms with Gasteiger partial charge in [0.05, 0.1) is 0 Å². The predicted molar refractivity (Wildman–Crippen MR) is 74.1 cm³/mol. The van der Waals surface area contributed by atoms with Crippen LogP contribution in [0, 0.1) is 16.7 Å². The van der Waals surface area contributed by atoms with Crippen LogP contribution in [0.3, 0.4) is 0 Å². The largest absolute Gasteiger partial charge is 0.309 e. The second kappa shape index (κ2) is 4.06. The van der Waals surface area contributed by atoms with Crippen LogP contribution >= 0.6 is 0 Å². The van der Waals surface area contributed by atoms with Gasteiger partial charge in [-0.2, -0.15) is 0 Å². The summed E-state index contributed by atoms with van der Waals surface area (Å²) in [7, 11) is 0. The minimum Gasteiger partial charge on any atom is -0.309 e. The molecule has 1 heterocycles. The molecule has 0 spiro atoms. The van der Waals surface area contributed by atoms with Gasteiger partial charge in [0.2, 0.25) is 0 Å².